The fourth-order valence-electron chi connectivity index (χ4n) is 2.86. The molecule has 1 aliphatic rings. The maximum Gasteiger partial charge on any atom is 0.308 e. The van der Waals surface area contributed by atoms with Gasteiger partial charge in [0, 0.05) is 11.6 Å². The van der Waals surface area contributed by atoms with E-state index < -0.39 is 5.60 Å². The van der Waals surface area contributed by atoms with Crippen LogP contribution in [0.25, 0.3) is 17.4 Å². The summed E-state index contributed by atoms with van der Waals surface area (Å²) in [6.45, 7) is 6.19. The summed E-state index contributed by atoms with van der Waals surface area (Å²) < 4.78 is 17.0. The first kappa shape index (κ1) is 25.8. The average Bonchev–Trinajstić information content (AvgIpc) is 3.28. The third-order valence-corrected chi connectivity index (χ3v) is 6.42. The Labute approximate surface area is 212 Å². The van der Waals surface area contributed by atoms with Gasteiger partial charge < -0.3 is 13.9 Å². The predicted molar refractivity (Wildman–Crippen MR) is 135 cm³/mol. The van der Waals surface area contributed by atoms with Gasteiger partial charge in [0.15, 0.2) is 0 Å². The van der Waals surface area contributed by atoms with Crippen molar-refractivity contribution in [3.63, 3.8) is 0 Å². The van der Waals surface area contributed by atoms with Gasteiger partial charge in [-0.2, -0.15) is 0 Å². The third kappa shape index (κ3) is 7.32. The van der Waals surface area contributed by atoms with Crippen LogP contribution in [0.3, 0.4) is 0 Å². The summed E-state index contributed by atoms with van der Waals surface area (Å²) >= 11 is 18.6. The highest BCUT2D eigenvalue weighted by Gasteiger charge is 2.32. The van der Waals surface area contributed by atoms with Gasteiger partial charge >= 0.3 is 5.97 Å². The summed E-state index contributed by atoms with van der Waals surface area (Å²) in [4.78, 5) is 26.4. The van der Waals surface area contributed by atoms with Gasteiger partial charge in [-0.05, 0) is 51.1 Å². The van der Waals surface area contributed by atoms with Crippen molar-refractivity contribution < 1.29 is 23.5 Å². The Morgan fingerprint density at radius 3 is 2.64 bits per heavy atom. The highest BCUT2D eigenvalue weighted by Crippen LogP contribution is 2.34. The number of benzene rings is 1. The highest BCUT2D eigenvalue weighted by atomic mass is 35.5. The van der Waals surface area contributed by atoms with Crippen LogP contribution >= 0.6 is 47.2 Å². The fraction of sp³-hybridized carbons (Fsp3) is 0.348. The molecule has 176 valence electrons. The molecule has 0 spiro atoms. The van der Waals surface area contributed by atoms with Crippen LogP contribution in [-0.4, -0.2) is 46.5 Å². The number of esters is 1. The lowest BCUT2D eigenvalue weighted by Gasteiger charge is -2.19. The van der Waals surface area contributed by atoms with Crippen molar-refractivity contribution >= 4 is 69.5 Å². The molecule has 1 saturated heterocycles. The van der Waals surface area contributed by atoms with E-state index in [1.165, 1.54) is 16.7 Å². The van der Waals surface area contributed by atoms with E-state index in [0.29, 0.717) is 37.3 Å². The molecule has 0 unspecified atom stereocenters. The monoisotopic (exact) mass is 527 g/mol. The number of hydrogen-bond donors (Lipinski definition) is 0. The summed E-state index contributed by atoms with van der Waals surface area (Å²) in [7, 11) is 0. The number of nitrogens with zero attached hydrogens (tertiary/aromatic N) is 1. The Bertz CT molecular complexity index is 1090. The summed E-state index contributed by atoms with van der Waals surface area (Å²) in [5.74, 6) is 0.585. The molecule has 6 nitrogen and oxygen atoms in total. The number of carbonyl (C=O) groups excluding carboxylic acids is 2. The lowest BCUT2D eigenvalue weighted by atomic mass is 10.2. The van der Waals surface area contributed by atoms with Crippen molar-refractivity contribution in [2.75, 3.05) is 19.8 Å². The second-order valence-corrected chi connectivity index (χ2v) is 10.6. The normalized spacial score (nSPS) is 15.5. The number of thioether (sulfide) groups is 1. The summed E-state index contributed by atoms with van der Waals surface area (Å²) in [6, 6.07) is 8.78. The number of hydrogen-bond acceptors (Lipinski definition) is 7. The fourth-order valence-corrected chi connectivity index (χ4v) is 4.45. The number of carbonyl (C=O) groups is 2. The van der Waals surface area contributed by atoms with E-state index in [0.717, 1.165) is 5.56 Å². The molecular weight excluding hydrogens is 505 g/mol. The van der Waals surface area contributed by atoms with Gasteiger partial charge in [0.25, 0.3) is 5.91 Å². The molecular formula is C23H23Cl2NO5S2. The molecule has 1 aromatic heterocycles. The molecule has 1 aromatic carbocycles. The molecule has 0 bridgehead atoms. The average molecular weight is 528 g/mol. The summed E-state index contributed by atoms with van der Waals surface area (Å²) in [5, 5.41) is 0.894. The quantitative estimate of drug-likeness (QED) is 0.175. The van der Waals surface area contributed by atoms with Crippen LogP contribution in [0, 0.1) is 0 Å². The number of amides is 1. The molecule has 1 aliphatic heterocycles. The van der Waals surface area contributed by atoms with Crippen molar-refractivity contribution in [1.82, 2.24) is 4.90 Å². The number of halogens is 2. The lowest BCUT2D eigenvalue weighted by molar-refractivity contribution is -0.156. The Balaban J connectivity index is 1.53. The largest absolute Gasteiger partial charge is 0.460 e. The van der Waals surface area contributed by atoms with Crippen LogP contribution < -0.4 is 0 Å². The van der Waals surface area contributed by atoms with E-state index in [2.05, 4.69) is 0 Å². The van der Waals surface area contributed by atoms with Crippen LogP contribution in [0.2, 0.25) is 10.0 Å². The molecule has 33 heavy (non-hydrogen) atoms. The van der Waals surface area contributed by atoms with E-state index in [-0.39, 0.29) is 31.5 Å². The molecule has 1 amide bonds. The summed E-state index contributed by atoms with van der Waals surface area (Å²) in [5.41, 5.74) is 0.252. The minimum absolute atomic E-state index is 0.148. The zero-order valence-electron chi connectivity index (χ0n) is 18.4. The van der Waals surface area contributed by atoms with Gasteiger partial charge in [-0.15, -0.1) is 0 Å². The first-order chi connectivity index (χ1) is 15.5. The molecule has 0 aliphatic carbocycles. The molecule has 3 rings (SSSR count). The molecule has 10 heteroatoms. The van der Waals surface area contributed by atoms with Crippen molar-refractivity contribution in [3.05, 3.63) is 51.0 Å². The molecule has 2 aromatic rings. The molecule has 2 heterocycles. The first-order valence-electron chi connectivity index (χ1n) is 10.1. The zero-order chi connectivity index (χ0) is 24.2. The van der Waals surface area contributed by atoms with Crippen LogP contribution in [0.4, 0.5) is 0 Å². The van der Waals surface area contributed by atoms with Gasteiger partial charge in [-0.25, -0.2) is 0 Å². The molecule has 0 saturated carbocycles. The zero-order valence-corrected chi connectivity index (χ0v) is 21.5. The Hall–Kier alpha value is -1.84. The highest BCUT2D eigenvalue weighted by molar-refractivity contribution is 8.26. The number of thiocarbonyl (C=S) groups is 1. The Morgan fingerprint density at radius 1 is 1.18 bits per heavy atom. The van der Waals surface area contributed by atoms with Gasteiger partial charge in [-0.1, -0.05) is 47.2 Å². The SMILES string of the molecule is CC(C)(C)OC(=O)CCOCCN1C(=O)C(=Cc2ccc(-c3ccc(Cl)c(Cl)c3)o2)SC1=S. The summed E-state index contributed by atoms with van der Waals surface area (Å²) in [6.07, 6.45) is 1.80. The van der Waals surface area contributed by atoms with E-state index >= 15 is 0 Å². The van der Waals surface area contributed by atoms with Gasteiger partial charge in [0.2, 0.25) is 0 Å². The van der Waals surface area contributed by atoms with Crippen LogP contribution in [0.1, 0.15) is 33.0 Å². The predicted octanol–water partition coefficient (Wildman–Crippen LogP) is 6.20. The van der Waals surface area contributed by atoms with Crippen molar-refractivity contribution in [1.29, 1.82) is 0 Å². The van der Waals surface area contributed by atoms with Gasteiger partial charge in [0.1, 0.15) is 21.4 Å². The lowest BCUT2D eigenvalue weighted by Crippen LogP contribution is -2.31. The van der Waals surface area contributed by atoms with Crippen molar-refractivity contribution in [2.24, 2.45) is 0 Å². The van der Waals surface area contributed by atoms with E-state index in [1.54, 1.807) is 36.4 Å². The number of ether oxygens (including phenoxy) is 2. The minimum Gasteiger partial charge on any atom is -0.460 e. The maximum absolute atomic E-state index is 12.8. The molecule has 0 atom stereocenters. The van der Waals surface area contributed by atoms with E-state index in [9.17, 15) is 9.59 Å². The number of furan rings is 1. The second-order valence-electron chi connectivity index (χ2n) is 8.11. The number of rotatable bonds is 8. The maximum atomic E-state index is 12.8. The van der Waals surface area contributed by atoms with Crippen LogP contribution in [0.5, 0.6) is 0 Å². The van der Waals surface area contributed by atoms with Crippen LogP contribution in [-0.2, 0) is 19.1 Å². The van der Waals surface area contributed by atoms with Gasteiger partial charge in [-0.3, -0.25) is 14.5 Å². The first-order valence-corrected chi connectivity index (χ1v) is 12.1. The minimum atomic E-state index is -0.526. The van der Waals surface area contributed by atoms with Crippen molar-refractivity contribution in [3.8, 4) is 11.3 Å². The van der Waals surface area contributed by atoms with Gasteiger partial charge in [0.05, 0.1) is 41.1 Å². The third-order valence-electron chi connectivity index (χ3n) is 4.31. The van der Waals surface area contributed by atoms with Crippen LogP contribution in [0.15, 0.2) is 39.7 Å². The Kier molecular flexibility index (Phi) is 8.64. The molecule has 0 N–H and O–H groups in total. The Morgan fingerprint density at radius 2 is 1.94 bits per heavy atom. The topological polar surface area (TPSA) is 69.0 Å². The van der Waals surface area contributed by atoms with Crippen molar-refractivity contribution in [2.45, 2.75) is 32.8 Å². The van der Waals surface area contributed by atoms with E-state index in [4.69, 9.17) is 49.3 Å². The smallest absolute Gasteiger partial charge is 0.308 e. The molecule has 0 radical (unpaired) electrons. The molecule has 1 fully saturated rings. The standard InChI is InChI=1S/C23H23Cl2NO5S2/c1-23(2,3)31-20(27)8-10-29-11-9-26-21(28)19(33-22(26)32)13-15-5-7-18(30-15)14-4-6-16(24)17(25)12-14/h4-7,12-13H,8-11H2,1-3H3. The second kappa shape index (κ2) is 11.1. The van der Waals surface area contributed by atoms with E-state index in [1.807, 2.05) is 20.8 Å².